The van der Waals surface area contributed by atoms with E-state index >= 15 is 0 Å². The van der Waals surface area contributed by atoms with E-state index in [4.69, 9.17) is 4.74 Å². The number of hydrogen-bond donors (Lipinski definition) is 1. The molecule has 0 saturated heterocycles. The Bertz CT molecular complexity index is 1160. The highest BCUT2D eigenvalue weighted by atomic mass is 19.4. The maximum Gasteiger partial charge on any atom is 0.433 e. The van der Waals surface area contributed by atoms with Crippen LogP contribution in [0.15, 0.2) is 48.9 Å². The van der Waals surface area contributed by atoms with Crippen molar-refractivity contribution in [2.24, 2.45) is 0 Å². The molecule has 32 heavy (non-hydrogen) atoms. The second-order valence-corrected chi connectivity index (χ2v) is 7.31. The molecule has 0 fully saturated rings. The Morgan fingerprint density at radius 3 is 2.59 bits per heavy atom. The summed E-state index contributed by atoms with van der Waals surface area (Å²) in [5.74, 6) is 0.0263. The predicted molar refractivity (Wildman–Crippen MR) is 111 cm³/mol. The first kappa shape index (κ1) is 21.5. The fourth-order valence-electron chi connectivity index (χ4n) is 3.38. The van der Waals surface area contributed by atoms with Gasteiger partial charge in [0.2, 0.25) is 0 Å². The monoisotopic (exact) mass is 446 g/mol. The lowest BCUT2D eigenvalue weighted by molar-refractivity contribution is -0.142. The number of nitrogens with one attached hydrogen (secondary N) is 1. The minimum atomic E-state index is -4.68. The van der Waals surface area contributed by atoms with E-state index in [0.29, 0.717) is 35.6 Å². The molecule has 8 nitrogen and oxygen atoms in total. The zero-order chi connectivity index (χ0) is 22.9. The minimum absolute atomic E-state index is 0.0278. The molecule has 1 aliphatic rings. The molecular weight excluding hydrogens is 425 g/mol. The Balaban J connectivity index is 1.64. The van der Waals surface area contributed by atoms with Crippen molar-refractivity contribution in [1.29, 1.82) is 0 Å². The smallest absolute Gasteiger partial charge is 0.433 e. The summed E-state index contributed by atoms with van der Waals surface area (Å²) in [5, 5.41) is 6.52. The molecule has 4 rings (SSSR count). The molecule has 0 saturated carbocycles. The van der Waals surface area contributed by atoms with Gasteiger partial charge < -0.3 is 19.9 Å². The molecule has 1 aromatic carbocycles. The van der Waals surface area contributed by atoms with Crippen LogP contribution >= 0.6 is 0 Å². The number of amides is 1. The first-order valence-electron chi connectivity index (χ1n) is 9.77. The number of carbonyl (C=O) groups excluding carboxylic acids is 1. The second kappa shape index (κ2) is 8.40. The van der Waals surface area contributed by atoms with E-state index in [1.165, 1.54) is 7.11 Å². The van der Waals surface area contributed by atoms with Gasteiger partial charge in [0.25, 0.3) is 5.91 Å². The van der Waals surface area contributed by atoms with Crippen molar-refractivity contribution in [3.05, 3.63) is 60.2 Å². The lowest BCUT2D eigenvalue weighted by Crippen LogP contribution is -2.33. The van der Waals surface area contributed by atoms with E-state index in [-0.39, 0.29) is 16.9 Å². The van der Waals surface area contributed by atoms with Crippen LogP contribution < -0.4 is 10.1 Å². The van der Waals surface area contributed by atoms with Crippen LogP contribution in [0.25, 0.3) is 16.9 Å². The average molecular weight is 446 g/mol. The van der Waals surface area contributed by atoms with Gasteiger partial charge in [-0.1, -0.05) is 0 Å². The number of fused-ring (bicyclic) bond motifs is 1. The molecule has 0 radical (unpaired) electrons. The van der Waals surface area contributed by atoms with E-state index in [0.717, 1.165) is 12.3 Å². The molecule has 2 aromatic heterocycles. The Labute approximate surface area is 181 Å². The van der Waals surface area contributed by atoms with Crippen LogP contribution in [0.4, 0.5) is 13.2 Å². The lowest BCUT2D eigenvalue weighted by atomic mass is 10.1. The first-order chi connectivity index (χ1) is 15.3. The van der Waals surface area contributed by atoms with Gasteiger partial charge in [-0.05, 0) is 30.3 Å². The van der Waals surface area contributed by atoms with E-state index in [1.54, 1.807) is 24.3 Å². The number of alkyl halides is 3. The van der Waals surface area contributed by atoms with Crippen molar-refractivity contribution in [2.75, 3.05) is 33.9 Å². The molecule has 1 amide bonds. The Morgan fingerprint density at radius 1 is 1.22 bits per heavy atom. The number of hydrogen-bond acceptors (Lipinski definition) is 6. The highest BCUT2D eigenvalue weighted by Gasteiger charge is 2.36. The fourth-order valence-corrected chi connectivity index (χ4v) is 3.38. The summed E-state index contributed by atoms with van der Waals surface area (Å²) >= 11 is 0. The number of methoxy groups -OCH3 is 1. The van der Waals surface area contributed by atoms with E-state index in [1.807, 2.05) is 29.2 Å². The van der Waals surface area contributed by atoms with Gasteiger partial charge >= 0.3 is 6.18 Å². The maximum absolute atomic E-state index is 13.7. The number of rotatable bonds is 6. The summed E-state index contributed by atoms with van der Waals surface area (Å²) in [4.78, 5) is 21.0. The summed E-state index contributed by atoms with van der Waals surface area (Å²) in [5.41, 5.74) is -0.676. The Hall–Kier alpha value is -3.76. The van der Waals surface area contributed by atoms with E-state index < -0.39 is 17.8 Å². The van der Waals surface area contributed by atoms with Crippen LogP contribution in [-0.4, -0.2) is 64.2 Å². The molecule has 1 N–H and O–H groups in total. The summed E-state index contributed by atoms with van der Waals surface area (Å²) in [6.45, 7) is 1.58. The zero-order valence-corrected chi connectivity index (χ0v) is 17.4. The van der Waals surface area contributed by atoms with Gasteiger partial charge in [0, 0.05) is 38.1 Å². The topological polar surface area (TPSA) is 75.0 Å². The molecule has 0 unspecified atom stereocenters. The van der Waals surface area contributed by atoms with Crippen LogP contribution in [0, 0.1) is 0 Å². The van der Waals surface area contributed by atoms with Gasteiger partial charge in [0.05, 0.1) is 25.7 Å². The molecule has 0 atom stereocenters. The van der Waals surface area contributed by atoms with Crippen molar-refractivity contribution in [2.45, 2.75) is 6.18 Å². The summed E-state index contributed by atoms with van der Waals surface area (Å²) in [6.07, 6.45) is 0.237. The van der Waals surface area contributed by atoms with Gasteiger partial charge in [-0.25, -0.2) is 9.50 Å². The van der Waals surface area contributed by atoms with Crippen LogP contribution in [0.2, 0.25) is 0 Å². The van der Waals surface area contributed by atoms with Crippen LogP contribution in [0.5, 0.6) is 5.75 Å². The molecule has 0 aliphatic carbocycles. The SMILES string of the molecule is COc1ccc(-c2cc(C(F)(F)F)n3ncc(C(=O)NCCN4C=CN(C)C4)c3n2)cc1. The van der Waals surface area contributed by atoms with E-state index in [2.05, 4.69) is 15.4 Å². The van der Waals surface area contributed by atoms with Crippen molar-refractivity contribution in [3.8, 4) is 17.0 Å². The molecule has 3 aromatic rings. The number of benzene rings is 1. The van der Waals surface area contributed by atoms with Crippen molar-refractivity contribution < 1.29 is 22.7 Å². The lowest BCUT2D eigenvalue weighted by Gasteiger charge is -2.18. The maximum atomic E-state index is 13.7. The second-order valence-electron chi connectivity index (χ2n) is 7.31. The average Bonchev–Trinajstić information content (AvgIpc) is 3.38. The van der Waals surface area contributed by atoms with Gasteiger partial charge in [-0.15, -0.1) is 0 Å². The molecule has 1 aliphatic heterocycles. The summed E-state index contributed by atoms with van der Waals surface area (Å²) in [7, 11) is 3.43. The number of nitrogens with zero attached hydrogens (tertiary/aromatic N) is 5. The van der Waals surface area contributed by atoms with Crippen LogP contribution in [-0.2, 0) is 6.18 Å². The highest BCUT2D eigenvalue weighted by molar-refractivity contribution is 5.99. The Morgan fingerprint density at radius 2 is 1.97 bits per heavy atom. The third-order valence-electron chi connectivity index (χ3n) is 5.01. The van der Waals surface area contributed by atoms with Crippen molar-refractivity contribution in [3.63, 3.8) is 0 Å². The highest BCUT2D eigenvalue weighted by Crippen LogP contribution is 2.33. The molecule has 0 spiro atoms. The molecule has 0 bridgehead atoms. The molecular formula is C21H21F3N6O2. The number of halogens is 3. The van der Waals surface area contributed by atoms with Gasteiger partial charge in [0.15, 0.2) is 11.3 Å². The third-order valence-corrected chi connectivity index (χ3v) is 5.01. The van der Waals surface area contributed by atoms with Crippen molar-refractivity contribution >= 4 is 11.6 Å². The van der Waals surface area contributed by atoms with E-state index in [9.17, 15) is 18.0 Å². The Kier molecular flexibility index (Phi) is 5.64. The molecule has 168 valence electrons. The first-order valence-corrected chi connectivity index (χ1v) is 9.77. The fraction of sp³-hybridized carbons (Fsp3) is 0.286. The van der Waals surface area contributed by atoms with Gasteiger partial charge in [0.1, 0.15) is 11.3 Å². The van der Waals surface area contributed by atoms with Gasteiger partial charge in [-0.3, -0.25) is 4.79 Å². The zero-order valence-electron chi connectivity index (χ0n) is 17.4. The number of aromatic nitrogens is 3. The number of carbonyl (C=O) groups is 1. The number of ether oxygens (including phenoxy) is 1. The summed E-state index contributed by atoms with van der Waals surface area (Å²) < 4.78 is 46.9. The predicted octanol–water partition coefficient (Wildman–Crippen LogP) is 2.83. The summed E-state index contributed by atoms with van der Waals surface area (Å²) in [6, 6.07) is 7.38. The normalized spacial score (nSPS) is 13.8. The quantitative estimate of drug-likeness (QED) is 0.628. The third kappa shape index (κ3) is 4.32. The van der Waals surface area contributed by atoms with Crippen molar-refractivity contribution in [1.82, 2.24) is 29.7 Å². The minimum Gasteiger partial charge on any atom is -0.497 e. The standard InChI is InChI=1S/C21H21F3N6O2/c1-28-9-10-29(13-28)8-7-25-20(31)16-12-26-30-18(21(22,23)24)11-17(27-19(16)30)14-3-5-15(32-2)6-4-14/h3-6,9-12H,7-8,13H2,1-2H3,(H,25,31). The van der Waals surface area contributed by atoms with Crippen LogP contribution in [0.3, 0.4) is 0 Å². The molecule has 3 heterocycles. The van der Waals surface area contributed by atoms with Gasteiger partial charge in [-0.2, -0.15) is 18.3 Å². The molecule has 11 heteroatoms. The van der Waals surface area contributed by atoms with Crippen LogP contribution in [0.1, 0.15) is 16.1 Å². The largest absolute Gasteiger partial charge is 0.497 e.